The third-order valence-electron chi connectivity index (χ3n) is 5.25. The monoisotopic (exact) mass is 296 g/mol. The zero-order valence-corrected chi connectivity index (χ0v) is 14.9. The highest BCUT2D eigenvalue weighted by molar-refractivity contribution is 4.93. The summed E-state index contributed by atoms with van der Waals surface area (Å²) < 4.78 is 5.87. The Morgan fingerprint density at radius 1 is 1.24 bits per heavy atom. The molecule has 1 aliphatic carbocycles. The lowest BCUT2D eigenvalue weighted by Crippen LogP contribution is -2.54. The molecule has 0 spiro atoms. The number of hydrogen-bond acceptors (Lipinski definition) is 3. The molecule has 0 bridgehead atoms. The van der Waals surface area contributed by atoms with Gasteiger partial charge in [0.05, 0.1) is 12.7 Å². The van der Waals surface area contributed by atoms with Crippen molar-refractivity contribution >= 4 is 0 Å². The third-order valence-corrected chi connectivity index (χ3v) is 5.25. The van der Waals surface area contributed by atoms with Gasteiger partial charge in [0.25, 0.3) is 0 Å². The average Bonchev–Trinajstić information content (AvgIpc) is 2.85. The molecule has 3 nitrogen and oxygen atoms in total. The predicted octanol–water partition coefficient (Wildman–Crippen LogP) is 3.43. The lowest BCUT2D eigenvalue weighted by Gasteiger charge is -2.44. The van der Waals surface area contributed by atoms with E-state index < -0.39 is 0 Å². The fourth-order valence-electron chi connectivity index (χ4n) is 3.88. The van der Waals surface area contributed by atoms with Crippen LogP contribution in [0.3, 0.4) is 0 Å². The van der Waals surface area contributed by atoms with Crippen molar-refractivity contribution in [3.05, 3.63) is 0 Å². The molecule has 2 fully saturated rings. The van der Waals surface area contributed by atoms with Crippen molar-refractivity contribution in [3.8, 4) is 0 Å². The molecule has 1 saturated carbocycles. The number of ether oxygens (including phenoxy) is 1. The third kappa shape index (κ3) is 4.94. The fraction of sp³-hybridized carbons (Fsp3) is 1.00. The summed E-state index contributed by atoms with van der Waals surface area (Å²) in [4.78, 5) is 2.73. The van der Waals surface area contributed by atoms with Crippen molar-refractivity contribution in [2.75, 3.05) is 26.2 Å². The molecular formula is C18H36N2O. The summed E-state index contributed by atoms with van der Waals surface area (Å²) >= 11 is 0. The molecule has 21 heavy (non-hydrogen) atoms. The highest BCUT2D eigenvalue weighted by Gasteiger charge is 2.39. The van der Waals surface area contributed by atoms with Crippen LogP contribution in [0.25, 0.3) is 0 Å². The molecular weight excluding hydrogens is 260 g/mol. The van der Waals surface area contributed by atoms with Crippen LogP contribution in [0.2, 0.25) is 0 Å². The van der Waals surface area contributed by atoms with Gasteiger partial charge >= 0.3 is 0 Å². The molecule has 1 aliphatic heterocycles. The van der Waals surface area contributed by atoms with Crippen molar-refractivity contribution in [1.29, 1.82) is 0 Å². The predicted molar refractivity (Wildman–Crippen MR) is 89.7 cm³/mol. The van der Waals surface area contributed by atoms with Gasteiger partial charge in [-0.1, -0.05) is 19.8 Å². The standard InChI is InChI=1S/C18H36N2O/c1-6-16-12-21-15(2)11-20(16)14-18(9-7-8-10-18)13-19-17(3,4)5/h15-16,19H,6-14H2,1-5H3. The molecule has 0 radical (unpaired) electrons. The Morgan fingerprint density at radius 2 is 1.90 bits per heavy atom. The molecule has 1 N–H and O–H groups in total. The number of rotatable bonds is 5. The molecule has 2 aliphatic rings. The Balaban J connectivity index is 2.00. The zero-order valence-electron chi connectivity index (χ0n) is 14.9. The molecule has 1 saturated heterocycles. The van der Waals surface area contributed by atoms with E-state index in [1.807, 2.05) is 0 Å². The second-order valence-electron chi connectivity index (χ2n) is 8.45. The van der Waals surface area contributed by atoms with Crippen molar-refractivity contribution < 1.29 is 4.74 Å². The Kier molecular flexibility index (Phi) is 5.72. The Labute approximate surface area is 131 Å². The maximum absolute atomic E-state index is 5.87. The summed E-state index contributed by atoms with van der Waals surface area (Å²) in [6.45, 7) is 15.8. The normalized spacial score (nSPS) is 30.7. The van der Waals surface area contributed by atoms with Crippen LogP contribution in [0.1, 0.15) is 66.7 Å². The maximum Gasteiger partial charge on any atom is 0.0674 e. The van der Waals surface area contributed by atoms with Crippen LogP contribution in [0.15, 0.2) is 0 Å². The smallest absolute Gasteiger partial charge is 0.0674 e. The average molecular weight is 296 g/mol. The van der Waals surface area contributed by atoms with Gasteiger partial charge in [0, 0.05) is 31.2 Å². The first-order valence-corrected chi connectivity index (χ1v) is 8.94. The van der Waals surface area contributed by atoms with E-state index in [4.69, 9.17) is 4.74 Å². The van der Waals surface area contributed by atoms with Gasteiger partial charge in [-0.25, -0.2) is 0 Å². The lowest BCUT2D eigenvalue weighted by atomic mass is 9.83. The Bertz CT molecular complexity index is 318. The quantitative estimate of drug-likeness (QED) is 0.841. The lowest BCUT2D eigenvalue weighted by molar-refractivity contribution is -0.0692. The number of nitrogens with one attached hydrogen (secondary N) is 1. The largest absolute Gasteiger partial charge is 0.376 e. The van der Waals surface area contributed by atoms with E-state index in [2.05, 4.69) is 44.8 Å². The van der Waals surface area contributed by atoms with Gasteiger partial charge in [0.1, 0.15) is 0 Å². The van der Waals surface area contributed by atoms with Gasteiger partial charge in [0.15, 0.2) is 0 Å². The van der Waals surface area contributed by atoms with Crippen LogP contribution in [0, 0.1) is 5.41 Å². The summed E-state index contributed by atoms with van der Waals surface area (Å²) in [7, 11) is 0. The van der Waals surface area contributed by atoms with Crippen molar-refractivity contribution in [3.63, 3.8) is 0 Å². The van der Waals surface area contributed by atoms with Gasteiger partial charge in [-0.2, -0.15) is 0 Å². The van der Waals surface area contributed by atoms with Gasteiger partial charge in [0.2, 0.25) is 0 Å². The van der Waals surface area contributed by atoms with E-state index in [1.54, 1.807) is 0 Å². The molecule has 124 valence electrons. The fourth-order valence-corrected chi connectivity index (χ4v) is 3.88. The van der Waals surface area contributed by atoms with Gasteiger partial charge < -0.3 is 10.1 Å². The van der Waals surface area contributed by atoms with E-state index in [-0.39, 0.29) is 5.54 Å². The molecule has 3 heteroatoms. The Hall–Kier alpha value is -0.120. The van der Waals surface area contributed by atoms with Gasteiger partial charge in [-0.3, -0.25) is 4.90 Å². The van der Waals surface area contributed by atoms with Crippen LogP contribution in [0.4, 0.5) is 0 Å². The zero-order chi connectivity index (χ0) is 15.5. The first-order chi connectivity index (χ1) is 9.84. The Morgan fingerprint density at radius 3 is 2.48 bits per heavy atom. The van der Waals surface area contributed by atoms with E-state index in [0.29, 0.717) is 17.6 Å². The summed E-state index contributed by atoms with van der Waals surface area (Å²) in [5.41, 5.74) is 0.704. The molecule has 2 rings (SSSR count). The maximum atomic E-state index is 5.87. The van der Waals surface area contributed by atoms with Crippen LogP contribution >= 0.6 is 0 Å². The highest BCUT2D eigenvalue weighted by Crippen LogP contribution is 2.39. The molecule has 0 amide bonds. The molecule has 0 aromatic carbocycles. The van der Waals surface area contributed by atoms with Crippen LogP contribution in [-0.4, -0.2) is 48.8 Å². The molecule has 2 atom stereocenters. The first-order valence-electron chi connectivity index (χ1n) is 8.94. The summed E-state index contributed by atoms with van der Waals surface area (Å²) in [6.07, 6.45) is 7.18. The molecule has 1 heterocycles. The number of nitrogens with zero attached hydrogens (tertiary/aromatic N) is 1. The molecule has 0 aromatic heterocycles. The minimum Gasteiger partial charge on any atom is -0.376 e. The van der Waals surface area contributed by atoms with Crippen LogP contribution in [-0.2, 0) is 4.74 Å². The van der Waals surface area contributed by atoms with Crippen molar-refractivity contribution in [2.45, 2.75) is 84.4 Å². The van der Waals surface area contributed by atoms with Gasteiger partial charge in [-0.15, -0.1) is 0 Å². The molecule has 0 aromatic rings. The SMILES string of the molecule is CCC1COC(C)CN1CC1(CNC(C)(C)C)CCCC1. The topological polar surface area (TPSA) is 24.5 Å². The highest BCUT2D eigenvalue weighted by atomic mass is 16.5. The number of hydrogen-bond donors (Lipinski definition) is 1. The van der Waals surface area contributed by atoms with Gasteiger partial charge in [-0.05, 0) is 52.4 Å². The van der Waals surface area contributed by atoms with Crippen LogP contribution < -0.4 is 5.32 Å². The van der Waals surface area contributed by atoms with E-state index in [1.165, 1.54) is 45.2 Å². The summed E-state index contributed by atoms with van der Waals surface area (Å²) in [6, 6.07) is 0.619. The van der Waals surface area contributed by atoms with Crippen molar-refractivity contribution in [1.82, 2.24) is 10.2 Å². The summed E-state index contributed by atoms with van der Waals surface area (Å²) in [5, 5.41) is 3.78. The van der Waals surface area contributed by atoms with E-state index in [0.717, 1.165) is 13.2 Å². The molecule has 2 unspecified atom stereocenters. The second-order valence-corrected chi connectivity index (χ2v) is 8.45. The van der Waals surface area contributed by atoms with E-state index >= 15 is 0 Å². The minimum absolute atomic E-state index is 0.220. The first kappa shape index (κ1) is 17.2. The number of morpholine rings is 1. The summed E-state index contributed by atoms with van der Waals surface area (Å²) in [5.74, 6) is 0. The second kappa shape index (κ2) is 6.97. The van der Waals surface area contributed by atoms with E-state index in [9.17, 15) is 0 Å². The minimum atomic E-state index is 0.220. The van der Waals surface area contributed by atoms with Crippen LogP contribution in [0.5, 0.6) is 0 Å². The van der Waals surface area contributed by atoms with Crippen molar-refractivity contribution in [2.24, 2.45) is 5.41 Å².